The van der Waals surface area contributed by atoms with Crippen molar-refractivity contribution < 1.29 is 9.47 Å². The molecule has 0 saturated carbocycles. The van der Waals surface area contributed by atoms with Crippen LogP contribution in [0.5, 0.6) is 11.5 Å². The fraction of sp³-hybridized carbons (Fsp3) is 0.227. The monoisotopic (exact) mass is 451 g/mol. The van der Waals surface area contributed by atoms with Gasteiger partial charge >= 0.3 is 0 Å². The lowest BCUT2D eigenvalue weighted by molar-refractivity contribution is 0.193. The number of rotatable bonds is 8. The van der Waals surface area contributed by atoms with Crippen LogP contribution in [-0.4, -0.2) is 43.4 Å². The van der Waals surface area contributed by atoms with Crippen molar-refractivity contribution in [1.29, 1.82) is 0 Å². The summed E-state index contributed by atoms with van der Waals surface area (Å²) in [6, 6.07) is 11.4. The topological polar surface area (TPSA) is 99.9 Å². The fourth-order valence-corrected chi connectivity index (χ4v) is 3.40. The number of anilines is 2. The Hall–Kier alpha value is -3.72. The predicted octanol–water partition coefficient (Wildman–Crippen LogP) is 4.31. The predicted molar refractivity (Wildman–Crippen MR) is 121 cm³/mol. The number of nitrogens with one attached hydrogen (secondary N) is 1. The van der Waals surface area contributed by atoms with E-state index in [0.717, 1.165) is 28.1 Å². The number of aromatic nitrogens is 6. The van der Waals surface area contributed by atoms with Gasteiger partial charge in [-0.3, -0.25) is 0 Å². The van der Waals surface area contributed by atoms with Crippen LogP contribution in [-0.2, 0) is 6.54 Å². The van der Waals surface area contributed by atoms with Gasteiger partial charge in [-0.1, -0.05) is 29.8 Å². The van der Waals surface area contributed by atoms with Crippen molar-refractivity contribution in [2.45, 2.75) is 26.5 Å². The van der Waals surface area contributed by atoms with E-state index in [2.05, 4.69) is 30.8 Å². The van der Waals surface area contributed by atoms with Crippen LogP contribution in [0.1, 0.15) is 12.5 Å². The minimum absolute atomic E-state index is 0.182. The first-order valence-corrected chi connectivity index (χ1v) is 10.3. The largest absolute Gasteiger partial charge is 0.494 e. The highest BCUT2D eigenvalue weighted by atomic mass is 35.5. The highest BCUT2D eigenvalue weighted by Gasteiger charge is 2.12. The molecule has 10 heteroatoms. The van der Waals surface area contributed by atoms with Gasteiger partial charge in [-0.2, -0.15) is 0 Å². The van der Waals surface area contributed by atoms with E-state index in [4.69, 9.17) is 21.1 Å². The summed E-state index contributed by atoms with van der Waals surface area (Å²) in [5.41, 5.74) is 3.55. The Morgan fingerprint density at radius 1 is 1.12 bits per heavy atom. The van der Waals surface area contributed by atoms with Crippen LogP contribution in [0.2, 0.25) is 5.02 Å². The van der Waals surface area contributed by atoms with E-state index in [1.54, 1.807) is 30.3 Å². The molecule has 0 bridgehead atoms. The van der Waals surface area contributed by atoms with E-state index in [1.165, 1.54) is 6.33 Å². The molecular weight excluding hydrogens is 430 g/mol. The van der Waals surface area contributed by atoms with Gasteiger partial charge in [0, 0.05) is 18.0 Å². The summed E-state index contributed by atoms with van der Waals surface area (Å²) in [6.07, 6.45) is 4.85. The van der Waals surface area contributed by atoms with Crippen molar-refractivity contribution in [3.63, 3.8) is 0 Å². The molecule has 2 aromatic heterocycles. The molecule has 4 rings (SSSR count). The third kappa shape index (κ3) is 4.94. The third-order valence-corrected chi connectivity index (χ3v) is 5.05. The molecule has 0 amide bonds. The Kier molecular flexibility index (Phi) is 6.46. The van der Waals surface area contributed by atoms with Gasteiger partial charge in [0.05, 0.1) is 24.4 Å². The number of hydrogen-bond donors (Lipinski definition) is 1. The number of benzene rings is 2. The molecule has 0 aliphatic carbocycles. The number of para-hydroxylation sites is 1. The molecule has 1 unspecified atom stereocenters. The van der Waals surface area contributed by atoms with Gasteiger partial charge in [0.25, 0.3) is 0 Å². The van der Waals surface area contributed by atoms with Crippen molar-refractivity contribution >= 4 is 23.2 Å². The van der Waals surface area contributed by atoms with E-state index in [-0.39, 0.29) is 6.10 Å². The maximum absolute atomic E-state index is 6.34. The van der Waals surface area contributed by atoms with E-state index in [9.17, 15) is 0 Å². The zero-order valence-corrected chi connectivity index (χ0v) is 18.6. The summed E-state index contributed by atoms with van der Waals surface area (Å²) >= 11 is 6.34. The molecule has 4 aromatic rings. The van der Waals surface area contributed by atoms with Gasteiger partial charge in [0.15, 0.2) is 0 Å². The number of aryl methyl sites for hydroxylation is 1. The Balaban J connectivity index is 1.49. The second-order valence-corrected chi connectivity index (χ2v) is 7.59. The number of hydrogen-bond acceptors (Lipinski definition) is 8. The molecule has 0 spiro atoms. The fourth-order valence-electron chi connectivity index (χ4n) is 3.24. The summed E-state index contributed by atoms with van der Waals surface area (Å²) in [6.45, 7) is 4.41. The van der Waals surface area contributed by atoms with Crippen molar-refractivity contribution in [3.8, 4) is 22.6 Å². The number of halogens is 1. The van der Waals surface area contributed by atoms with Gasteiger partial charge in [0.2, 0.25) is 5.95 Å². The standard InChI is InChI=1S/C22H22ClN7O2/c1-14-5-4-6-19(21(14)31-3)27-22-24-10-17(11-25-22)16-7-8-18(23)20(9-16)32-15(2)12-30-13-26-28-29-30/h4-11,13,15H,12H2,1-3H3,(H,24,25,27). The van der Waals surface area contributed by atoms with Crippen LogP contribution in [0, 0.1) is 6.92 Å². The van der Waals surface area contributed by atoms with E-state index in [1.807, 2.05) is 44.2 Å². The molecule has 2 aromatic carbocycles. The van der Waals surface area contributed by atoms with E-state index >= 15 is 0 Å². The Bertz CT molecular complexity index is 1180. The van der Waals surface area contributed by atoms with Gasteiger partial charge in [-0.05, 0) is 53.6 Å². The SMILES string of the molecule is COc1c(C)cccc1Nc1ncc(-c2ccc(Cl)c(OC(C)Cn3cnnn3)c2)cn1. The average molecular weight is 452 g/mol. The molecule has 0 saturated heterocycles. The second kappa shape index (κ2) is 9.61. The maximum atomic E-state index is 6.34. The van der Waals surface area contributed by atoms with Gasteiger partial charge in [0.1, 0.15) is 23.9 Å². The van der Waals surface area contributed by atoms with E-state index in [0.29, 0.717) is 23.3 Å². The number of tetrazole rings is 1. The molecule has 1 atom stereocenters. The van der Waals surface area contributed by atoms with Gasteiger partial charge in [-0.25, -0.2) is 14.6 Å². The Morgan fingerprint density at radius 2 is 1.94 bits per heavy atom. The van der Waals surface area contributed by atoms with Crippen LogP contribution in [0.3, 0.4) is 0 Å². The summed E-state index contributed by atoms with van der Waals surface area (Å²) in [5, 5.41) is 14.8. The normalized spacial score (nSPS) is 11.8. The van der Waals surface area contributed by atoms with E-state index < -0.39 is 0 Å². The lowest BCUT2D eigenvalue weighted by atomic mass is 10.1. The van der Waals surface area contributed by atoms with Crippen molar-refractivity contribution in [3.05, 3.63) is 65.7 Å². The zero-order chi connectivity index (χ0) is 22.5. The highest BCUT2D eigenvalue weighted by Crippen LogP contribution is 2.32. The molecular formula is C22H22ClN7O2. The molecule has 9 nitrogen and oxygen atoms in total. The molecule has 0 aliphatic rings. The summed E-state index contributed by atoms with van der Waals surface area (Å²) in [4.78, 5) is 8.88. The Labute approximate surface area is 190 Å². The lowest BCUT2D eigenvalue weighted by Gasteiger charge is -2.16. The van der Waals surface area contributed by atoms with Crippen LogP contribution in [0.25, 0.3) is 11.1 Å². The second-order valence-electron chi connectivity index (χ2n) is 7.18. The van der Waals surface area contributed by atoms with Crippen LogP contribution < -0.4 is 14.8 Å². The maximum Gasteiger partial charge on any atom is 0.227 e. The van der Waals surface area contributed by atoms with Gasteiger partial charge in [-0.15, -0.1) is 5.10 Å². The zero-order valence-electron chi connectivity index (χ0n) is 17.9. The minimum atomic E-state index is -0.182. The molecule has 0 fully saturated rings. The van der Waals surface area contributed by atoms with Crippen molar-refractivity contribution in [2.75, 3.05) is 12.4 Å². The lowest BCUT2D eigenvalue weighted by Crippen LogP contribution is -2.20. The third-order valence-electron chi connectivity index (χ3n) is 4.74. The highest BCUT2D eigenvalue weighted by molar-refractivity contribution is 6.32. The van der Waals surface area contributed by atoms with Gasteiger partial charge < -0.3 is 14.8 Å². The number of methoxy groups -OCH3 is 1. The van der Waals surface area contributed by atoms with Crippen LogP contribution in [0.15, 0.2) is 55.1 Å². The van der Waals surface area contributed by atoms with Crippen molar-refractivity contribution in [2.24, 2.45) is 0 Å². The molecule has 1 N–H and O–H groups in total. The number of nitrogens with zero attached hydrogens (tertiary/aromatic N) is 6. The summed E-state index contributed by atoms with van der Waals surface area (Å²) in [5.74, 6) is 1.80. The Morgan fingerprint density at radius 3 is 2.66 bits per heavy atom. The average Bonchev–Trinajstić information content (AvgIpc) is 3.29. The summed E-state index contributed by atoms with van der Waals surface area (Å²) < 4.78 is 13.1. The van der Waals surface area contributed by atoms with Crippen LogP contribution >= 0.6 is 11.6 Å². The molecule has 32 heavy (non-hydrogen) atoms. The molecule has 164 valence electrons. The number of ether oxygens (including phenoxy) is 2. The molecule has 2 heterocycles. The molecule has 0 aliphatic heterocycles. The first-order chi connectivity index (χ1) is 15.5. The van der Waals surface area contributed by atoms with Crippen molar-refractivity contribution in [1.82, 2.24) is 30.2 Å². The minimum Gasteiger partial charge on any atom is -0.494 e. The molecule has 0 radical (unpaired) electrons. The summed E-state index contributed by atoms with van der Waals surface area (Å²) in [7, 11) is 1.64. The first-order valence-electron chi connectivity index (χ1n) is 9.93. The quantitative estimate of drug-likeness (QED) is 0.423. The smallest absolute Gasteiger partial charge is 0.227 e. The van der Waals surface area contributed by atoms with Crippen LogP contribution in [0.4, 0.5) is 11.6 Å². The first kappa shape index (κ1) is 21.5.